The summed E-state index contributed by atoms with van der Waals surface area (Å²) in [7, 11) is 0. The summed E-state index contributed by atoms with van der Waals surface area (Å²) in [5.41, 5.74) is 0.785. The number of carbonyl (C=O) groups is 1. The molecule has 0 aliphatic heterocycles. The van der Waals surface area contributed by atoms with Crippen molar-refractivity contribution in [1.29, 1.82) is 0 Å². The fourth-order valence-corrected chi connectivity index (χ4v) is 1.70. The minimum absolute atomic E-state index is 0.0442. The Morgan fingerprint density at radius 2 is 2.12 bits per heavy atom. The van der Waals surface area contributed by atoms with Gasteiger partial charge in [0, 0.05) is 5.56 Å². The Morgan fingerprint density at radius 3 is 2.76 bits per heavy atom. The second-order valence-corrected chi connectivity index (χ2v) is 3.58. The average molecular weight is 236 g/mol. The highest BCUT2D eigenvalue weighted by Crippen LogP contribution is 2.38. The first kappa shape index (κ1) is 11.3. The minimum atomic E-state index is -0.583. The Hall–Kier alpha value is -2.17. The molecule has 0 amide bonds. The Balaban J connectivity index is 2.65. The number of benzene rings is 1. The van der Waals surface area contributed by atoms with E-state index in [2.05, 4.69) is 0 Å². The van der Waals surface area contributed by atoms with Crippen LogP contribution in [-0.4, -0.2) is 22.8 Å². The lowest BCUT2D eigenvalue weighted by Gasteiger charge is -1.99. The lowest BCUT2D eigenvalue weighted by atomic mass is 10.1. The highest BCUT2D eigenvalue weighted by molar-refractivity contribution is 5.99. The molecule has 0 bridgehead atoms. The summed E-state index contributed by atoms with van der Waals surface area (Å²) in [6, 6.07) is 2.79. The molecule has 0 radical (unpaired) electrons. The van der Waals surface area contributed by atoms with Crippen molar-refractivity contribution < 1.29 is 24.2 Å². The number of phenolic OH excluding ortho intramolecular Hbond substituents is 2. The zero-order valence-corrected chi connectivity index (χ0v) is 9.48. The highest BCUT2D eigenvalue weighted by atomic mass is 16.5. The molecule has 0 saturated carbocycles. The first-order valence-electron chi connectivity index (χ1n) is 5.17. The van der Waals surface area contributed by atoms with Gasteiger partial charge in [-0.3, -0.25) is 0 Å². The summed E-state index contributed by atoms with van der Waals surface area (Å²) in [4.78, 5) is 11.6. The van der Waals surface area contributed by atoms with Crippen molar-refractivity contribution in [3.8, 4) is 11.5 Å². The molecule has 1 heterocycles. The van der Waals surface area contributed by atoms with Crippen LogP contribution >= 0.6 is 0 Å². The Labute approximate surface area is 97.2 Å². The standard InChI is InChI=1S/C12H12O5/c1-3-16-12(15)11-6(2)9-8(17-11)5-4-7(13)10(9)14/h4-5,13-14H,3H2,1-2H3. The second kappa shape index (κ2) is 4.01. The summed E-state index contributed by atoms with van der Waals surface area (Å²) in [6.45, 7) is 3.56. The highest BCUT2D eigenvalue weighted by Gasteiger charge is 2.21. The predicted molar refractivity (Wildman–Crippen MR) is 60.2 cm³/mol. The van der Waals surface area contributed by atoms with E-state index in [1.54, 1.807) is 13.8 Å². The number of phenols is 2. The normalized spacial score (nSPS) is 10.7. The molecule has 5 nitrogen and oxygen atoms in total. The van der Waals surface area contributed by atoms with Crippen molar-refractivity contribution in [2.24, 2.45) is 0 Å². The van der Waals surface area contributed by atoms with Crippen LogP contribution in [0.15, 0.2) is 16.5 Å². The van der Waals surface area contributed by atoms with Gasteiger partial charge in [0.2, 0.25) is 5.76 Å². The molecule has 0 fully saturated rings. The molecule has 2 aromatic rings. The largest absolute Gasteiger partial charge is 0.504 e. The van der Waals surface area contributed by atoms with E-state index in [0.717, 1.165) is 0 Å². The van der Waals surface area contributed by atoms with Crippen LogP contribution in [0.2, 0.25) is 0 Å². The zero-order valence-electron chi connectivity index (χ0n) is 9.48. The van der Waals surface area contributed by atoms with Gasteiger partial charge in [0.25, 0.3) is 0 Å². The molecule has 0 spiro atoms. The topological polar surface area (TPSA) is 79.9 Å². The van der Waals surface area contributed by atoms with Gasteiger partial charge in [-0.2, -0.15) is 0 Å². The third-order valence-corrected chi connectivity index (χ3v) is 2.51. The van der Waals surface area contributed by atoms with E-state index in [1.807, 2.05) is 0 Å². The van der Waals surface area contributed by atoms with E-state index in [4.69, 9.17) is 9.15 Å². The van der Waals surface area contributed by atoms with Crippen molar-refractivity contribution in [3.05, 3.63) is 23.5 Å². The molecule has 2 N–H and O–H groups in total. The molecule has 0 atom stereocenters. The van der Waals surface area contributed by atoms with Gasteiger partial charge in [-0.05, 0) is 26.0 Å². The first-order valence-corrected chi connectivity index (χ1v) is 5.17. The van der Waals surface area contributed by atoms with Gasteiger partial charge in [0.05, 0.1) is 12.0 Å². The van der Waals surface area contributed by atoms with Crippen LogP contribution in [0, 0.1) is 6.92 Å². The van der Waals surface area contributed by atoms with Gasteiger partial charge in [-0.25, -0.2) is 4.79 Å². The number of aryl methyl sites for hydroxylation is 1. The number of aromatic hydroxyl groups is 2. The maximum atomic E-state index is 11.6. The number of fused-ring (bicyclic) bond motifs is 1. The number of furan rings is 1. The van der Waals surface area contributed by atoms with Crippen molar-refractivity contribution in [1.82, 2.24) is 0 Å². The fourth-order valence-electron chi connectivity index (χ4n) is 1.70. The number of rotatable bonds is 2. The van der Waals surface area contributed by atoms with Gasteiger partial charge in [-0.15, -0.1) is 0 Å². The number of hydrogen-bond donors (Lipinski definition) is 2. The summed E-state index contributed by atoms with van der Waals surface area (Å²) in [5, 5.41) is 19.4. The van der Waals surface area contributed by atoms with Gasteiger partial charge in [0.1, 0.15) is 5.58 Å². The molecule has 0 aliphatic carbocycles. The molecule has 90 valence electrons. The lowest BCUT2D eigenvalue weighted by Crippen LogP contribution is -2.04. The molecule has 1 aromatic heterocycles. The lowest BCUT2D eigenvalue weighted by molar-refractivity contribution is 0.0491. The van der Waals surface area contributed by atoms with Gasteiger partial charge in [-0.1, -0.05) is 0 Å². The zero-order chi connectivity index (χ0) is 12.6. The van der Waals surface area contributed by atoms with Crippen LogP contribution in [0.3, 0.4) is 0 Å². The summed E-state index contributed by atoms with van der Waals surface area (Å²) in [6.07, 6.45) is 0. The smallest absolute Gasteiger partial charge is 0.374 e. The van der Waals surface area contributed by atoms with Crippen LogP contribution in [-0.2, 0) is 4.74 Å². The van der Waals surface area contributed by atoms with Crippen LogP contribution in [0.4, 0.5) is 0 Å². The number of ether oxygens (including phenoxy) is 1. The summed E-state index contributed by atoms with van der Waals surface area (Å²) >= 11 is 0. The quantitative estimate of drug-likeness (QED) is 0.617. The van der Waals surface area contributed by atoms with Crippen LogP contribution in [0.1, 0.15) is 23.0 Å². The van der Waals surface area contributed by atoms with Crippen LogP contribution in [0.5, 0.6) is 11.5 Å². The van der Waals surface area contributed by atoms with Gasteiger partial charge < -0.3 is 19.4 Å². The summed E-state index contributed by atoms with van der Waals surface area (Å²) in [5.74, 6) is -1.08. The van der Waals surface area contributed by atoms with Crippen molar-refractivity contribution >= 4 is 16.9 Å². The maximum absolute atomic E-state index is 11.6. The number of esters is 1. The third kappa shape index (κ3) is 1.69. The van der Waals surface area contributed by atoms with E-state index in [1.165, 1.54) is 12.1 Å². The molecular weight excluding hydrogens is 224 g/mol. The molecular formula is C12H12O5. The van der Waals surface area contributed by atoms with Crippen LogP contribution < -0.4 is 0 Å². The fraction of sp³-hybridized carbons (Fsp3) is 0.250. The average Bonchev–Trinajstić information content (AvgIpc) is 2.62. The SMILES string of the molecule is CCOC(=O)c1oc2ccc(O)c(O)c2c1C. The predicted octanol–water partition coefficient (Wildman–Crippen LogP) is 2.33. The Bertz CT molecular complexity index is 582. The van der Waals surface area contributed by atoms with Crippen molar-refractivity contribution in [2.75, 3.05) is 6.61 Å². The van der Waals surface area contributed by atoms with Gasteiger partial charge >= 0.3 is 5.97 Å². The molecule has 17 heavy (non-hydrogen) atoms. The van der Waals surface area contributed by atoms with Crippen molar-refractivity contribution in [2.45, 2.75) is 13.8 Å². The minimum Gasteiger partial charge on any atom is -0.504 e. The number of hydrogen-bond acceptors (Lipinski definition) is 5. The van der Waals surface area contributed by atoms with Gasteiger partial charge in [0.15, 0.2) is 11.5 Å². The third-order valence-electron chi connectivity index (χ3n) is 2.51. The molecule has 5 heteroatoms. The molecule has 0 aliphatic rings. The number of carbonyl (C=O) groups excluding carboxylic acids is 1. The maximum Gasteiger partial charge on any atom is 0.374 e. The first-order chi connectivity index (χ1) is 8.06. The molecule has 1 aromatic carbocycles. The monoisotopic (exact) mass is 236 g/mol. The second-order valence-electron chi connectivity index (χ2n) is 3.58. The molecule has 0 saturated heterocycles. The van der Waals surface area contributed by atoms with E-state index in [0.29, 0.717) is 16.5 Å². The van der Waals surface area contributed by atoms with E-state index >= 15 is 0 Å². The van der Waals surface area contributed by atoms with E-state index in [-0.39, 0.29) is 23.9 Å². The van der Waals surface area contributed by atoms with Crippen LogP contribution in [0.25, 0.3) is 11.0 Å². The molecule has 0 unspecified atom stereocenters. The Morgan fingerprint density at radius 1 is 1.41 bits per heavy atom. The van der Waals surface area contributed by atoms with E-state index in [9.17, 15) is 15.0 Å². The van der Waals surface area contributed by atoms with Crippen molar-refractivity contribution in [3.63, 3.8) is 0 Å². The Kier molecular flexibility index (Phi) is 2.67. The van der Waals surface area contributed by atoms with E-state index < -0.39 is 5.97 Å². The molecule has 2 rings (SSSR count). The summed E-state index contributed by atoms with van der Waals surface area (Å²) < 4.78 is 10.1.